The van der Waals surface area contributed by atoms with Gasteiger partial charge in [-0.3, -0.25) is 19.1 Å². The van der Waals surface area contributed by atoms with Crippen molar-refractivity contribution in [2.24, 2.45) is 0 Å². The first-order valence-corrected chi connectivity index (χ1v) is 14.6. The Morgan fingerprint density at radius 1 is 1.07 bits per heavy atom. The summed E-state index contributed by atoms with van der Waals surface area (Å²) in [7, 11) is 1.51. The summed E-state index contributed by atoms with van der Waals surface area (Å²) in [6, 6.07) is 5.50. The number of nitrogens with one attached hydrogen (secondary N) is 1. The standard InChI is InChI=1S/C33H34N6O4/c1-43-30-14-13-27-25(20-29(30)35-33(42)28-10-6-9-26(34-28)24-11-12-24)21-39(36-27)22-32(41)38-17-15-37(16-18-38)31(40)19-23-7-4-2-3-5-8-23/h2-4,6-10,13,20-21,24H,5,11-12,15-19,22H2,1H3,(H,35,42). The summed E-state index contributed by atoms with van der Waals surface area (Å²) in [5.74, 6) is 0.476. The van der Waals surface area contributed by atoms with Crippen LogP contribution in [0.2, 0.25) is 0 Å². The van der Waals surface area contributed by atoms with Gasteiger partial charge in [0.1, 0.15) is 17.9 Å². The second-order valence-electron chi connectivity index (χ2n) is 11.0. The summed E-state index contributed by atoms with van der Waals surface area (Å²) >= 11 is 0. The third kappa shape index (κ3) is 6.76. The van der Waals surface area contributed by atoms with Crippen LogP contribution in [0, 0.1) is 0 Å². The van der Waals surface area contributed by atoms with Gasteiger partial charge in [-0.25, -0.2) is 4.98 Å². The quantitative estimate of drug-likeness (QED) is 0.480. The highest BCUT2D eigenvalue weighted by molar-refractivity contribution is 5.94. The van der Waals surface area contributed by atoms with Gasteiger partial charge in [-0.2, -0.15) is 5.10 Å². The van der Waals surface area contributed by atoms with Gasteiger partial charge in [-0.15, -0.1) is 0 Å². The minimum atomic E-state index is -0.340. The van der Waals surface area contributed by atoms with Crippen LogP contribution in [0.5, 0.6) is 0 Å². The van der Waals surface area contributed by atoms with E-state index in [1.54, 1.807) is 34.0 Å². The van der Waals surface area contributed by atoms with Gasteiger partial charge in [0.25, 0.3) is 5.91 Å². The molecule has 0 atom stereocenters. The number of nitrogens with zero attached hydrogens (tertiary/aromatic N) is 5. The zero-order chi connectivity index (χ0) is 29.8. The maximum absolute atomic E-state index is 13.1. The summed E-state index contributed by atoms with van der Waals surface area (Å²) in [5.41, 5.74) is 7.11. The molecule has 1 saturated carbocycles. The molecular formula is C33H34N6O4. The van der Waals surface area contributed by atoms with E-state index in [9.17, 15) is 14.4 Å². The highest BCUT2D eigenvalue weighted by Gasteiger charge is 2.27. The summed E-state index contributed by atoms with van der Waals surface area (Å²) in [6.45, 7) is 2.04. The summed E-state index contributed by atoms with van der Waals surface area (Å²) in [4.78, 5) is 47.2. The lowest BCUT2D eigenvalue weighted by Crippen LogP contribution is -2.51. The summed E-state index contributed by atoms with van der Waals surface area (Å²) in [5, 5.41) is 7.48. The maximum Gasteiger partial charge on any atom is 0.274 e. The van der Waals surface area contributed by atoms with Crippen molar-refractivity contribution in [3.05, 3.63) is 100 Å². The first-order valence-electron chi connectivity index (χ1n) is 14.6. The number of hydrogen-bond acceptors (Lipinski definition) is 6. The molecule has 0 spiro atoms. The van der Waals surface area contributed by atoms with Crippen LogP contribution >= 0.6 is 0 Å². The second-order valence-corrected chi connectivity index (χ2v) is 11.0. The van der Waals surface area contributed by atoms with Crippen molar-refractivity contribution in [1.29, 1.82) is 0 Å². The average Bonchev–Trinajstić information content (AvgIpc) is 3.86. The lowest BCUT2D eigenvalue weighted by atomic mass is 10.1. The van der Waals surface area contributed by atoms with E-state index in [1.165, 1.54) is 7.11 Å². The zero-order valence-corrected chi connectivity index (χ0v) is 24.2. The number of aromatic nitrogens is 3. The van der Waals surface area contributed by atoms with Crippen LogP contribution in [0.1, 0.15) is 59.0 Å². The molecule has 0 bridgehead atoms. The number of rotatable bonds is 8. The van der Waals surface area contributed by atoms with E-state index in [0.717, 1.165) is 36.1 Å². The van der Waals surface area contributed by atoms with E-state index in [4.69, 9.17) is 4.74 Å². The minimum Gasteiger partial charge on any atom is -0.487 e. The van der Waals surface area contributed by atoms with Gasteiger partial charge in [0.15, 0.2) is 5.76 Å². The third-order valence-electron chi connectivity index (χ3n) is 7.87. The van der Waals surface area contributed by atoms with Gasteiger partial charge < -0.3 is 19.9 Å². The Morgan fingerprint density at radius 2 is 1.86 bits per heavy atom. The van der Waals surface area contributed by atoms with E-state index in [2.05, 4.69) is 33.3 Å². The Labute approximate surface area is 250 Å². The van der Waals surface area contributed by atoms with Crippen molar-refractivity contribution < 1.29 is 19.1 Å². The maximum atomic E-state index is 13.1. The normalized spacial score (nSPS) is 17.7. The Hall–Kier alpha value is -4.95. The number of amides is 3. The molecule has 10 heteroatoms. The van der Waals surface area contributed by atoms with E-state index >= 15 is 0 Å². The Bertz CT molecular complexity index is 1630. The molecule has 1 N–H and O–H groups in total. The van der Waals surface area contributed by atoms with Gasteiger partial charge in [0, 0.05) is 55.6 Å². The summed E-state index contributed by atoms with van der Waals surface area (Å²) in [6.07, 6.45) is 18.7. The van der Waals surface area contributed by atoms with Gasteiger partial charge in [0.05, 0.1) is 19.2 Å². The predicted octanol–water partition coefficient (Wildman–Crippen LogP) is 3.59. The molecule has 2 aromatic heterocycles. The molecule has 3 heterocycles. The number of carbonyl (C=O) groups excluding carboxylic acids is 3. The number of piperazine rings is 1. The first kappa shape index (κ1) is 28.2. The molecule has 2 fully saturated rings. The molecule has 10 nitrogen and oxygen atoms in total. The number of methoxy groups -OCH3 is 1. The fourth-order valence-corrected chi connectivity index (χ4v) is 5.31. The molecule has 0 radical (unpaired) electrons. The number of fused-ring (bicyclic) bond motifs is 1. The SMILES string of the molecule is COC1=C=Cc2nn(CC(=O)N3CCN(C(=O)CC4=CCC=CC=C4)CC3)cc2C=C1NC(=O)c1cccc(C2CC2)n1. The van der Waals surface area contributed by atoms with Crippen LogP contribution in [0.25, 0.3) is 12.2 Å². The van der Waals surface area contributed by atoms with Crippen molar-refractivity contribution >= 4 is 29.9 Å². The van der Waals surface area contributed by atoms with Crippen molar-refractivity contribution in [2.75, 3.05) is 33.3 Å². The molecule has 3 amide bonds. The average molecular weight is 579 g/mol. The first-order chi connectivity index (χ1) is 21.0. The molecule has 1 saturated heterocycles. The Morgan fingerprint density at radius 3 is 2.63 bits per heavy atom. The Kier molecular flexibility index (Phi) is 8.20. The summed E-state index contributed by atoms with van der Waals surface area (Å²) < 4.78 is 7.07. The molecule has 220 valence electrons. The lowest BCUT2D eigenvalue weighted by molar-refractivity contribution is -0.139. The molecule has 0 unspecified atom stereocenters. The molecule has 1 aliphatic heterocycles. The van der Waals surface area contributed by atoms with Crippen LogP contribution in [-0.4, -0.2) is 75.6 Å². The van der Waals surface area contributed by atoms with Crippen molar-refractivity contribution in [2.45, 2.75) is 38.1 Å². The van der Waals surface area contributed by atoms with Crippen LogP contribution in [0.4, 0.5) is 0 Å². The van der Waals surface area contributed by atoms with Gasteiger partial charge in [0.2, 0.25) is 11.8 Å². The largest absolute Gasteiger partial charge is 0.487 e. The molecule has 0 aromatic carbocycles. The van der Waals surface area contributed by atoms with E-state index < -0.39 is 0 Å². The molecule has 6 rings (SSSR count). The van der Waals surface area contributed by atoms with Crippen LogP contribution < -0.4 is 5.32 Å². The predicted molar refractivity (Wildman–Crippen MR) is 161 cm³/mol. The minimum absolute atomic E-state index is 0.0632. The topological polar surface area (TPSA) is 110 Å². The highest BCUT2D eigenvalue weighted by atomic mass is 16.5. The van der Waals surface area contributed by atoms with Crippen LogP contribution in [0.3, 0.4) is 0 Å². The lowest BCUT2D eigenvalue weighted by Gasteiger charge is -2.35. The van der Waals surface area contributed by atoms with Crippen molar-refractivity contribution in [3.63, 3.8) is 0 Å². The Balaban J connectivity index is 1.07. The molecule has 4 aliphatic rings. The molecular weight excluding hydrogens is 544 g/mol. The van der Waals surface area contributed by atoms with Crippen molar-refractivity contribution in [1.82, 2.24) is 29.9 Å². The van der Waals surface area contributed by atoms with E-state index in [-0.39, 0.29) is 24.3 Å². The number of pyridine rings is 1. The van der Waals surface area contributed by atoms with Crippen LogP contribution in [0.15, 0.2) is 77.5 Å². The van der Waals surface area contributed by atoms with E-state index in [1.807, 2.05) is 35.3 Å². The van der Waals surface area contributed by atoms with Gasteiger partial charge in [-0.1, -0.05) is 42.2 Å². The van der Waals surface area contributed by atoms with Crippen molar-refractivity contribution in [3.8, 4) is 0 Å². The second kappa shape index (κ2) is 12.5. The smallest absolute Gasteiger partial charge is 0.274 e. The van der Waals surface area contributed by atoms with Crippen LogP contribution in [-0.2, 0) is 20.9 Å². The molecule has 2 aromatic rings. The fourth-order valence-electron chi connectivity index (χ4n) is 5.31. The van der Waals surface area contributed by atoms with Gasteiger partial charge in [-0.05, 0) is 43.0 Å². The fraction of sp³-hybridized carbons (Fsp3) is 0.333. The monoisotopic (exact) mass is 578 g/mol. The zero-order valence-electron chi connectivity index (χ0n) is 24.2. The number of ether oxygens (including phenoxy) is 1. The number of allylic oxidation sites excluding steroid dienone is 5. The van der Waals surface area contributed by atoms with Gasteiger partial charge >= 0.3 is 0 Å². The van der Waals surface area contributed by atoms with E-state index in [0.29, 0.717) is 61.4 Å². The third-order valence-corrected chi connectivity index (χ3v) is 7.87. The molecule has 3 aliphatic carbocycles. The highest BCUT2D eigenvalue weighted by Crippen LogP contribution is 2.38. The number of carbonyl (C=O) groups is 3. The molecule has 43 heavy (non-hydrogen) atoms. The number of hydrogen-bond donors (Lipinski definition) is 1.